The van der Waals surface area contributed by atoms with Crippen LogP contribution in [0.2, 0.25) is 0 Å². The molecule has 2 N–H and O–H groups in total. The molecule has 0 aromatic heterocycles. The molecule has 0 bridgehead atoms. The summed E-state index contributed by atoms with van der Waals surface area (Å²) in [7, 11) is 0. The van der Waals surface area contributed by atoms with Gasteiger partial charge in [0.2, 0.25) is 0 Å². The molecule has 0 radical (unpaired) electrons. The fourth-order valence-electron chi connectivity index (χ4n) is 1.54. The SMILES string of the molecule is C=C(OCCCCCCCC)/C(=C/C(=O)O)C(=O)O. The molecule has 19 heavy (non-hydrogen) atoms. The van der Waals surface area contributed by atoms with Crippen LogP contribution in [0.1, 0.15) is 45.4 Å². The minimum atomic E-state index is -1.35. The topological polar surface area (TPSA) is 83.8 Å². The molecule has 5 heteroatoms. The Kier molecular flexibility index (Phi) is 9.22. The summed E-state index contributed by atoms with van der Waals surface area (Å²) in [6, 6.07) is 0. The highest BCUT2D eigenvalue weighted by molar-refractivity contribution is 5.97. The summed E-state index contributed by atoms with van der Waals surface area (Å²) in [5, 5.41) is 17.4. The van der Waals surface area contributed by atoms with Gasteiger partial charge in [0, 0.05) is 6.08 Å². The van der Waals surface area contributed by atoms with E-state index in [2.05, 4.69) is 13.5 Å². The minimum absolute atomic E-state index is 0.108. The van der Waals surface area contributed by atoms with Gasteiger partial charge in [-0.3, -0.25) is 0 Å². The van der Waals surface area contributed by atoms with Crippen LogP contribution in [0.4, 0.5) is 0 Å². The van der Waals surface area contributed by atoms with Crippen molar-refractivity contribution >= 4 is 11.9 Å². The largest absolute Gasteiger partial charge is 0.493 e. The second kappa shape index (κ2) is 10.2. The van der Waals surface area contributed by atoms with Crippen LogP contribution in [0, 0.1) is 0 Å². The van der Waals surface area contributed by atoms with Gasteiger partial charge in [-0.15, -0.1) is 0 Å². The van der Waals surface area contributed by atoms with Gasteiger partial charge in [0.05, 0.1) is 6.61 Å². The Balaban J connectivity index is 3.95. The quantitative estimate of drug-likeness (QED) is 0.261. The lowest BCUT2D eigenvalue weighted by Crippen LogP contribution is -2.09. The number of ether oxygens (including phenoxy) is 1. The summed E-state index contributed by atoms with van der Waals surface area (Å²) in [6.07, 6.45) is 7.14. The van der Waals surface area contributed by atoms with E-state index in [1.54, 1.807) is 0 Å². The molecule has 0 aromatic carbocycles. The molecule has 0 aliphatic heterocycles. The Bertz CT molecular complexity index is 344. The normalized spacial score (nSPS) is 11.1. The van der Waals surface area contributed by atoms with Crippen molar-refractivity contribution in [1.29, 1.82) is 0 Å². The van der Waals surface area contributed by atoms with E-state index in [4.69, 9.17) is 14.9 Å². The van der Waals surface area contributed by atoms with Crippen molar-refractivity contribution in [1.82, 2.24) is 0 Å². The highest BCUT2D eigenvalue weighted by Gasteiger charge is 2.14. The van der Waals surface area contributed by atoms with Gasteiger partial charge in [0.25, 0.3) is 0 Å². The Morgan fingerprint density at radius 1 is 1.11 bits per heavy atom. The van der Waals surface area contributed by atoms with Crippen molar-refractivity contribution in [2.24, 2.45) is 0 Å². The molecule has 0 fully saturated rings. The summed E-state index contributed by atoms with van der Waals surface area (Å²) in [5.41, 5.74) is -0.418. The van der Waals surface area contributed by atoms with Gasteiger partial charge < -0.3 is 14.9 Å². The van der Waals surface area contributed by atoms with Gasteiger partial charge in [-0.1, -0.05) is 45.6 Å². The highest BCUT2D eigenvalue weighted by Crippen LogP contribution is 2.12. The Morgan fingerprint density at radius 2 is 1.68 bits per heavy atom. The second-order valence-corrected chi connectivity index (χ2v) is 4.24. The first-order chi connectivity index (χ1) is 8.99. The van der Waals surface area contributed by atoms with E-state index < -0.39 is 17.5 Å². The first kappa shape index (κ1) is 17.2. The van der Waals surface area contributed by atoms with Crippen molar-refractivity contribution in [3.63, 3.8) is 0 Å². The van der Waals surface area contributed by atoms with E-state index in [0.29, 0.717) is 12.7 Å². The van der Waals surface area contributed by atoms with Crippen LogP contribution in [-0.2, 0) is 14.3 Å². The summed E-state index contributed by atoms with van der Waals surface area (Å²) >= 11 is 0. The number of hydrogen-bond donors (Lipinski definition) is 2. The smallest absolute Gasteiger partial charge is 0.339 e. The Labute approximate surface area is 113 Å². The predicted molar refractivity (Wildman–Crippen MR) is 71.8 cm³/mol. The first-order valence-corrected chi connectivity index (χ1v) is 6.49. The number of rotatable bonds is 11. The third kappa shape index (κ3) is 8.88. The molecule has 0 aromatic rings. The molecule has 0 amide bonds. The first-order valence-electron chi connectivity index (χ1n) is 6.49. The van der Waals surface area contributed by atoms with Gasteiger partial charge in [0.1, 0.15) is 11.3 Å². The average molecular weight is 270 g/mol. The lowest BCUT2D eigenvalue weighted by molar-refractivity contribution is -0.135. The molecule has 0 saturated heterocycles. The zero-order valence-electron chi connectivity index (χ0n) is 11.4. The minimum Gasteiger partial charge on any atom is -0.493 e. The van der Waals surface area contributed by atoms with Crippen LogP contribution in [0.3, 0.4) is 0 Å². The van der Waals surface area contributed by atoms with E-state index in [1.807, 2.05) is 0 Å². The maximum Gasteiger partial charge on any atom is 0.339 e. The fourth-order valence-corrected chi connectivity index (χ4v) is 1.54. The van der Waals surface area contributed by atoms with Gasteiger partial charge >= 0.3 is 11.9 Å². The molecular weight excluding hydrogens is 248 g/mol. The monoisotopic (exact) mass is 270 g/mol. The van der Waals surface area contributed by atoms with Crippen LogP contribution >= 0.6 is 0 Å². The molecule has 108 valence electrons. The second-order valence-electron chi connectivity index (χ2n) is 4.24. The van der Waals surface area contributed by atoms with Gasteiger partial charge in [-0.2, -0.15) is 0 Å². The van der Waals surface area contributed by atoms with Crippen molar-refractivity contribution in [3.8, 4) is 0 Å². The van der Waals surface area contributed by atoms with Gasteiger partial charge in [0.15, 0.2) is 0 Å². The lowest BCUT2D eigenvalue weighted by atomic mass is 10.1. The zero-order chi connectivity index (χ0) is 14.7. The van der Waals surface area contributed by atoms with Crippen LogP contribution in [0.5, 0.6) is 0 Å². The molecule has 5 nitrogen and oxygen atoms in total. The van der Waals surface area contributed by atoms with E-state index >= 15 is 0 Å². The molecular formula is C14H22O5. The van der Waals surface area contributed by atoms with Crippen molar-refractivity contribution in [2.45, 2.75) is 45.4 Å². The Morgan fingerprint density at radius 3 is 2.21 bits per heavy atom. The number of aliphatic carboxylic acids is 2. The predicted octanol–water partition coefficient (Wildman–Crippen LogP) is 2.97. The van der Waals surface area contributed by atoms with E-state index in [9.17, 15) is 9.59 Å². The van der Waals surface area contributed by atoms with Crippen LogP contribution in [-0.4, -0.2) is 28.8 Å². The summed E-state index contributed by atoms with van der Waals surface area (Å²) in [4.78, 5) is 21.3. The van der Waals surface area contributed by atoms with Gasteiger partial charge in [-0.05, 0) is 6.42 Å². The molecule has 0 saturated carbocycles. The van der Waals surface area contributed by atoms with Crippen LogP contribution in [0.15, 0.2) is 24.0 Å². The van der Waals surface area contributed by atoms with Crippen molar-refractivity contribution in [2.75, 3.05) is 6.61 Å². The van der Waals surface area contributed by atoms with Crippen LogP contribution in [0.25, 0.3) is 0 Å². The number of carboxylic acid groups (broad SMARTS) is 2. The van der Waals surface area contributed by atoms with E-state index in [1.165, 1.54) is 19.3 Å². The van der Waals surface area contributed by atoms with E-state index in [-0.39, 0.29) is 5.76 Å². The molecule has 0 heterocycles. The van der Waals surface area contributed by atoms with Crippen molar-refractivity contribution < 1.29 is 24.5 Å². The maximum absolute atomic E-state index is 10.8. The number of carboxylic acids is 2. The van der Waals surface area contributed by atoms with Gasteiger partial charge in [-0.25, -0.2) is 9.59 Å². The van der Waals surface area contributed by atoms with Crippen LogP contribution < -0.4 is 0 Å². The maximum atomic E-state index is 10.8. The highest BCUT2D eigenvalue weighted by atomic mass is 16.5. The number of hydrogen-bond acceptors (Lipinski definition) is 3. The molecule has 0 rings (SSSR count). The number of carbonyl (C=O) groups is 2. The standard InChI is InChI=1S/C14H22O5/c1-3-4-5-6-7-8-9-19-11(2)12(14(17)18)10-13(15)16/h10H,2-9H2,1H3,(H,15,16)(H,17,18)/b12-10-. The molecule has 0 atom stereocenters. The average Bonchev–Trinajstić information content (AvgIpc) is 2.34. The van der Waals surface area contributed by atoms with E-state index in [0.717, 1.165) is 19.3 Å². The molecule has 0 aliphatic carbocycles. The Hall–Kier alpha value is -1.78. The van der Waals surface area contributed by atoms with Crippen molar-refractivity contribution in [3.05, 3.63) is 24.0 Å². The number of unbranched alkanes of at least 4 members (excludes halogenated alkanes) is 5. The summed E-state index contributed by atoms with van der Waals surface area (Å²) in [6.45, 7) is 5.95. The summed E-state index contributed by atoms with van der Waals surface area (Å²) < 4.78 is 5.17. The molecule has 0 unspecified atom stereocenters. The third-order valence-electron chi connectivity index (χ3n) is 2.57. The third-order valence-corrected chi connectivity index (χ3v) is 2.57. The summed E-state index contributed by atoms with van der Waals surface area (Å²) in [5.74, 6) is -2.79. The molecule has 0 aliphatic rings. The fraction of sp³-hybridized carbons (Fsp3) is 0.571. The zero-order valence-corrected chi connectivity index (χ0v) is 11.4. The molecule has 0 spiro atoms. The lowest BCUT2D eigenvalue weighted by Gasteiger charge is -2.09.